The van der Waals surface area contributed by atoms with Gasteiger partial charge in [-0.3, -0.25) is 9.59 Å². The second kappa shape index (κ2) is 5.36. The van der Waals surface area contributed by atoms with E-state index >= 15 is 0 Å². The van der Waals surface area contributed by atoms with E-state index in [4.69, 9.17) is 0 Å². The number of Topliss-reactive ketones (excluding diaryl/α,β-unsaturated/α-hetero) is 1. The molecule has 1 aromatic carbocycles. The highest BCUT2D eigenvalue weighted by atomic mass is 19.1. The summed E-state index contributed by atoms with van der Waals surface area (Å²) in [5.41, 5.74) is 1.13. The fraction of sp³-hybridized carbons (Fsp3) is 0.250. The number of hydrogen-bond donors (Lipinski definition) is 2. The van der Waals surface area contributed by atoms with Crippen molar-refractivity contribution in [3.8, 4) is 0 Å². The second-order valence-electron chi connectivity index (χ2n) is 5.45. The molecule has 1 amide bonds. The van der Waals surface area contributed by atoms with Gasteiger partial charge in [0.2, 0.25) is 0 Å². The van der Waals surface area contributed by atoms with Gasteiger partial charge in [-0.15, -0.1) is 0 Å². The molecule has 3 rings (SSSR count). The Kier molecular flexibility index (Phi) is 3.52. The van der Waals surface area contributed by atoms with Crippen molar-refractivity contribution in [1.29, 1.82) is 0 Å². The summed E-state index contributed by atoms with van der Waals surface area (Å²) in [6, 6.07) is 4.75. The van der Waals surface area contributed by atoms with E-state index in [1.165, 1.54) is 31.3 Å². The van der Waals surface area contributed by atoms with E-state index in [1.807, 2.05) is 0 Å². The number of benzene rings is 1. The molecule has 2 unspecified atom stereocenters. The monoisotopic (exact) mass is 304 g/mol. The van der Waals surface area contributed by atoms with Crippen LogP contribution in [0.4, 0.5) is 8.78 Å². The van der Waals surface area contributed by atoms with Gasteiger partial charge in [0.05, 0.1) is 0 Å². The van der Waals surface area contributed by atoms with Crippen LogP contribution in [0.25, 0.3) is 0 Å². The van der Waals surface area contributed by atoms with Crippen LogP contribution >= 0.6 is 0 Å². The Morgan fingerprint density at radius 2 is 2.05 bits per heavy atom. The Morgan fingerprint density at radius 1 is 1.27 bits per heavy atom. The fourth-order valence-corrected chi connectivity index (χ4v) is 2.48. The Morgan fingerprint density at radius 3 is 2.68 bits per heavy atom. The minimum absolute atomic E-state index is 0.131. The molecule has 1 aliphatic rings. The van der Waals surface area contributed by atoms with Gasteiger partial charge in [-0.1, -0.05) is 6.07 Å². The fourth-order valence-electron chi connectivity index (χ4n) is 2.48. The van der Waals surface area contributed by atoms with Crippen LogP contribution < -0.4 is 5.32 Å². The Labute approximate surface area is 125 Å². The topological polar surface area (TPSA) is 62.0 Å². The molecule has 6 heteroatoms. The standard InChI is InChI=1S/C16H14F2N2O2/c1-8(21)9-4-15(19-7-9)16(22)20-14-6-12(14)11-3-2-10(17)5-13(11)18/h2-5,7,12,14,19H,6H2,1H3,(H,20,22). The van der Waals surface area contributed by atoms with Crippen molar-refractivity contribution in [3.63, 3.8) is 0 Å². The molecule has 4 nitrogen and oxygen atoms in total. The van der Waals surface area contributed by atoms with E-state index in [2.05, 4.69) is 10.3 Å². The van der Waals surface area contributed by atoms with E-state index in [-0.39, 0.29) is 29.3 Å². The van der Waals surface area contributed by atoms with Crippen molar-refractivity contribution < 1.29 is 18.4 Å². The number of carbonyl (C=O) groups excluding carboxylic acids is 2. The van der Waals surface area contributed by atoms with Gasteiger partial charge in [0.1, 0.15) is 17.3 Å². The van der Waals surface area contributed by atoms with Gasteiger partial charge in [-0.2, -0.15) is 0 Å². The van der Waals surface area contributed by atoms with Gasteiger partial charge in [0.25, 0.3) is 5.91 Å². The lowest BCUT2D eigenvalue weighted by molar-refractivity contribution is 0.0945. The van der Waals surface area contributed by atoms with Crippen molar-refractivity contribution in [3.05, 3.63) is 58.9 Å². The van der Waals surface area contributed by atoms with Crippen LogP contribution in [0.3, 0.4) is 0 Å². The average molecular weight is 304 g/mol. The van der Waals surface area contributed by atoms with Crippen molar-refractivity contribution in [2.45, 2.75) is 25.3 Å². The molecular weight excluding hydrogens is 290 g/mol. The third kappa shape index (κ3) is 2.77. The second-order valence-corrected chi connectivity index (χ2v) is 5.45. The van der Waals surface area contributed by atoms with E-state index in [9.17, 15) is 18.4 Å². The maximum atomic E-state index is 13.7. The number of hydrogen-bond acceptors (Lipinski definition) is 2. The molecule has 114 valence electrons. The first-order valence-electron chi connectivity index (χ1n) is 6.91. The van der Waals surface area contributed by atoms with Crippen LogP contribution in [0.15, 0.2) is 30.5 Å². The zero-order chi connectivity index (χ0) is 15.9. The number of carbonyl (C=O) groups is 2. The van der Waals surface area contributed by atoms with Crippen LogP contribution in [0, 0.1) is 11.6 Å². The number of H-pyrrole nitrogens is 1. The van der Waals surface area contributed by atoms with Crippen LogP contribution in [0.5, 0.6) is 0 Å². The summed E-state index contributed by atoms with van der Waals surface area (Å²) in [5.74, 6) is -1.84. The zero-order valence-electron chi connectivity index (χ0n) is 11.8. The van der Waals surface area contributed by atoms with Crippen molar-refractivity contribution in [1.82, 2.24) is 10.3 Å². The summed E-state index contributed by atoms with van der Waals surface area (Å²) < 4.78 is 26.6. The first-order valence-corrected chi connectivity index (χ1v) is 6.91. The highest BCUT2D eigenvalue weighted by molar-refractivity contribution is 5.99. The maximum Gasteiger partial charge on any atom is 0.267 e. The van der Waals surface area contributed by atoms with Gasteiger partial charge in [0, 0.05) is 29.8 Å². The number of ketones is 1. The minimum atomic E-state index is -0.620. The molecule has 2 aromatic rings. The van der Waals surface area contributed by atoms with Gasteiger partial charge < -0.3 is 10.3 Å². The number of aromatic nitrogens is 1. The van der Waals surface area contributed by atoms with E-state index in [0.717, 1.165) is 6.07 Å². The number of aromatic amines is 1. The van der Waals surface area contributed by atoms with Crippen molar-refractivity contribution in [2.24, 2.45) is 0 Å². The summed E-state index contributed by atoms with van der Waals surface area (Å²) in [6.45, 7) is 1.42. The molecular formula is C16H14F2N2O2. The van der Waals surface area contributed by atoms with Gasteiger partial charge >= 0.3 is 0 Å². The SMILES string of the molecule is CC(=O)c1c[nH]c(C(=O)NC2CC2c2ccc(F)cc2F)c1. The van der Waals surface area contributed by atoms with Crippen LogP contribution in [0.1, 0.15) is 45.7 Å². The van der Waals surface area contributed by atoms with E-state index < -0.39 is 11.6 Å². The minimum Gasteiger partial charge on any atom is -0.356 e. The Hall–Kier alpha value is -2.50. The zero-order valence-corrected chi connectivity index (χ0v) is 11.8. The predicted molar refractivity (Wildman–Crippen MR) is 75.8 cm³/mol. The molecule has 1 aliphatic carbocycles. The highest BCUT2D eigenvalue weighted by Gasteiger charge is 2.41. The van der Waals surface area contributed by atoms with Gasteiger partial charge in [-0.05, 0) is 31.0 Å². The Balaban J connectivity index is 1.65. The van der Waals surface area contributed by atoms with Crippen molar-refractivity contribution >= 4 is 11.7 Å². The first kappa shape index (κ1) is 14.4. The van der Waals surface area contributed by atoms with E-state index in [1.54, 1.807) is 0 Å². The molecule has 0 aliphatic heterocycles. The summed E-state index contributed by atoms with van der Waals surface area (Å²) in [6.07, 6.45) is 2.08. The molecule has 0 spiro atoms. The number of rotatable bonds is 4. The number of halogens is 2. The quantitative estimate of drug-likeness (QED) is 0.853. The highest BCUT2D eigenvalue weighted by Crippen LogP contribution is 2.42. The summed E-state index contributed by atoms with van der Waals surface area (Å²) in [4.78, 5) is 26.0. The normalized spacial score (nSPS) is 19.8. The molecule has 2 atom stereocenters. The molecule has 2 N–H and O–H groups in total. The summed E-state index contributed by atoms with van der Waals surface area (Å²) in [5, 5.41) is 2.77. The smallest absolute Gasteiger partial charge is 0.267 e. The number of nitrogens with one attached hydrogen (secondary N) is 2. The predicted octanol–water partition coefficient (Wildman–Crippen LogP) is 2.78. The van der Waals surface area contributed by atoms with Gasteiger partial charge in [-0.25, -0.2) is 8.78 Å². The molecule has 1 saturated carbocycles. The largest absolute Gasteiger partial charge is 0.356 e. The third-order valence-corrected chi connectivity index (χ3v) is 3.80. The van der Waals surface area contributed by atoms with E-state index in [0.29, 0.717) is 17.5 Å². The summed E-state index contributed by atoms with van der Waals surface area (Å²) >= 11 is 0. The van der Waals surface area contributed by atoms with Crippen molar-refractivity contribution in [2.75, 3.05) is 0 Å². The Bertz CT molecular complexity index is 754. The molecule has 22 heavy (non-hydrogen) atoms. The molecule has 1 fully saturated rings. The lowest BCUT2D eigenvalue weighted by Crippen LogP contribution is -2.26. The van der Waals surface area contributed by atoms with Crippen LogP contribution in [0.2, 0.25) is 0 Å². The third-order valence-electron chi connectivity index (χ3n) is 3.80. The first-order chi connectivity index (χ1) is 10.5. The summed E-state index contributed by atoms with van der Waals surface area (Å²) in [7, 11) is 0. The number of amides is 1. The van der Waals surface area contributed by atoms with Gasteiger partial charge in [0.15, 0.2) is 5.78 Å². The lowest BCUT2D eigenvalue weighted by atomic mass is 10.1. The molecule has 0 bridgehead atoms. The maximum absolute atomic E-state index is 13.7. The molecule has 0 radical (unpaired) electrons. The van der Waals surface area contributed by atoms with Crippen LogP contribution in [-0.4, -0.2) is 22.7 Å². The molecule has 1 heterocycles. The average Bonchev–Trinajstić information content (AvgIpc) is 3.02. The molecule has 1 aromatic heterocycles. The molecule has 0 saturated heterocycles. The lowest BCUT2D eigenvalue weighted by Gasteiger charge is -2.04. The van der Waals surface area contributed by atoms with Crippen LogP contribution in [-0.2, 0) is 0 Å².